The minimum atomic E-state index is -2.34. The molecule has 0 bridgehead atoms. The molecule has 1 amide bonds. The number of carbonyl (C=O) groups is 2. The number of aryl methyl sites for hydroxylation is 1. The second-order valence-corrected chi connectivity index (χ2v) is 15.5. The van der Waals surface area contributed by atoms with Gasteiger partial charge in [-0.3, -0.25) is 14.4 Å². The van der Waals surface area contributed by atoms with Gasteiger partial charge in [0, 0.05) is 38.2 Å². The van der Waals surface area contributed by atoms with Crippen LogP contribution in [0.1, 0.15) is 65.2 Å². The van der Waals surface area contributed by atoms with E-state index in [1.54, 1.807) is 81.5 Å². The molecule has 1 aromatic rings. The van der Waals surface area contributed by atoms with Crippen LogP contribution in [-0.2, 0) is 26.1 Å². The molecule has 58 heavy (non-hydrogen) atoms. The van der Waals surface area contributed by atoms with Crippen molar-refractivity contribution in [2.75, 3.05) is 13.7 Å². The predicted molar refractivity (Wildman–Crippen MR) is 220 cm³/mol. The van der Waals surface area contributed by atoms with Crippen molar-refractivity contribution >= 4 is 11.7 Å². The Labute approximate surface area is 340 Å². The maximum absolute atomic E-state index is 13.3. The van der Waals surface area contributed by atoms with Crippen molar-refractivity contribution in [3.8, 4) is 5.75 Å². The van der Waals surface area contributed by atoms with E-state index in [-0.39, 0.29) is 24.1 Å². The Bertz CT molecular complexity index is 1860. The number of Topliss-reactive ketones (excluding diaryl/α,β-unsaturated/α-hetero) is 1. The third-order valence-electron chi connectivity index (χ3n) is 11.0. The Morgan fingerprint density at radius 1 is 1.00 bits per heavy atom. The number of aliphatic hydroxyl groups excluding tert-OH is 4. The van der Waals surface area contributed by atoms with E-state index >= 15 is 0 Å². The summed E-state index contributed by atoms with van der Waals surface area (Å²) in [5.41, 5.74) is -0.881. The van der Waals surface area contributed by atoms with Crippen LogP contribution < -0.4 is 10.9 Å². The van der Waals surface area contributed by atoms with Crippen LogP contribution in [0.25, 0.3) is 0 Å². The zero-order chi connectivity index (χ0) is 43.5. The molecule has 0 spiro atoms. The van der Waals surface area contributed by atoms with Gasteiger partial charge in [0.2, 0.25) is 11.7 Å². The number of hydrogen-bond donors (Lipinski definition) is 7. The van der Waals surface area contributed by atoms with Gasteiger partial charge in [0.15, 0.2) is 5.78 Å². The van der Waals surface area contributed by atoms with Crippen LogP contribution >= 0.6 is 0 Å². The molecule has 14 nitrogen and oxygen atoms in total. The highest BCUT2D eigenvalue weighted by Crippen LogP contribution is 2.44. The lowest BCUT2D eigenvalue weighted by Gasteiger charge is -2.53. The fourth-order valence-electron chi connectivity index (χ4n) is 7.27. The summed E-state index contributed by atoms with van der Waals surface area (Å²) in [5.74, 6) is -5.51. The van der Waals surface area contributed by atoms with E-state index in [1.807, 2.05) is 26.8 Å². The second kappa shape index (κ2) is 21.1. The minimum Gasteiger partial charge on any atom is -0.507 e. The molecule has 0 saturated carbocycles. The number of hydrogen-bond acceptors (Lipinski definition) is 12. The molecule has 3 heterocycles. The maximum atomic E-state index is 13.3. The second-order valence-electron chi connectivity index (χ2n) is 15.5. The predicted octanol–water partition coefficient (Wildman–Crippen LogP) is 3.09. The molecule has 11 atom stereocenters. The molecule has 2 fully saturated rings. The molecule has 3 rings (SSSR count). The first-order valence-electron chi connectivity index (χ1n) is 19.5. The summed E-state index contributed by atoms with van der Waals surface area (Å²) in [6, 6.07) is 1.27. The van der Waals surface area contributed by atoms with E-state index in [1.165, 1.54) is 44.0 Å². The molecule has 14 heteroatoms. The van der Waals surface area contributed by atoms with Crippen molar-refractivity contribution in [1.82, 2.24) is 9.88 Å². The highest BCUT2D eigenvalue weighted by molar-refractivity contribution is 6.09. The van der Waals surface area contributed by atoms with Crippen molar-refractivity contribution in [2.24, 2.45) is 24.3 Å². The number of methoxy groups -OCH3 is 1. The topological polar surface area (TPSA) is 217 Å². The molecule has 1 aromatic heterocycles. The number of pyridine rings is 1. The van der Waals surface area contributed by atoms with Gasteiger partial charge in [0.1, 0.15) is 35.7 Å². The van der Waals surface area contributed by atoms with E-state index in [0.29, 0.717) is 0 Å². The van der Waals surface area contributed by atoms with Crippen LogP contribution in [0.2, 0.25) is 0 Å². The number of amides is 1. The number of nitrogens with one attached hydrogen (secondary N) is 1. The first kappa shape index (κ1) is 48.1. The van der Waals surface area contributed by atoms with E-state index in [0.717, 1.165) is 5.57 Å². The molecule has 2 aliphatic heterocycles. The molecule has 6 unspecified atom stereocenters. The van der Waals surface area contributed by atoms with Gasteiger partial charge in [0.05, 0.1) is 30.3 Å². The van der Waals surface area contributed by atoms with E-state index in [4.69, 9.17) is 14.2 Å². The average Bonchev–Trinajstić information content (AvgIpc) is 3.46. The van der Waals surface area contributed by atoms with Crippen LogP contribution in [0.5, 0.6) is 5.75 Å². The summed E-state index contributed by atoms with van der Waals surface area (Å²) in [4.78, 5) is 38.4. The summed E-state index contributed by atoms with van der Waals surface area (Å²) in [6.45, 7) is 12.2. The molecule has 0 aliphatic carbocycles. The summed E-state index contributed by atoms with van der Waals surface area (Å²) in [7, 11) is 3.01. The standard InChI is InChI=1S/C44H62N2O12/c1-10-12-14-22-32-43(6,7)39(51)40(52)44(55,58-32)29(11-2)41(53)45-24-18-17-20-27(4)37(56-9)28(5)38-36(50)35(49)31(57-38)21-16-13-15-19-26(3)34(48)33-30(47)23-25-46(8)42(33)54/h10,12-23,25,28-29,31-32,35-40,47,49-52,55H,11,24H2,1-9H3,(H,45,53)/b12-10+,15-13+,18-17+,21-16-,22-14-,26-19+,27-20+/t28?,29-,31?,32?,35+,36+,37+,38?,39?,40?,44-/m1/s1. The number of ether oxygens (including phenoxy) is 3. The molecule has 0 aromatic carbocycles. The number of aromatic nitrogens is 1. The summed E-state index contributed by atoms with van der Waals surface area (Å²) < 4.78 is 19.0. The molecular formula is C44H62N2O12. The number of allylic oxidation sites excluding steroid dienone is 10. The van der Waals surface area contributed by atoms with Gasteiger partial charge in [-0.25, -0.2) is 0 Å². The number of nitrogens with zero attached hydrogens (tertiary/aromatic N) is 1. The lowest BCUT2D eigenvalue weighted by Crippen LogP contribution is -2.69. The Balaban J connectivity index is 1.61. The number of aliphatic hydroxyl groups is 5. The first-order valence-corrected chi connectivity index (χ1v) is 19.5. The Morgan fingerprint density at radius 2 is 1.67 bits per heavy atom. The van der Waals surface area contributed by atoms with Gasteiger partial charge >= 0.3 is 0 Å². The fourth-order valence-corrected chi connectivity index (χ4v) is 7.27. The molecule has 7 N–H and O–H groups in total. The van der Waals surface area contributed by atoms with Gasteiger partial charge in [-0.15, -0.1) is 0 Å². The van der Waals surface area contributed by atoms with Crippen LogP contribution in [-0.4, -0.2) is 115 Å². The van der Waals surface area contributed by atoms with Crippen molar-refractivity contribution < 1.29 is 54.4 Å². The molecule has 2 saturated heterocycles. The fraction of sp³-hybridized carbons (Fsp3) is 0.523. The largest absolute Gasteiger partial charge is 0.507 e. The normalized spacial score (nSPS) is 29.9. The lowest BCUT2D eigenvalue weighted by atomic mass is 9.71. The van der Waals surface area contributed by atoms with Crippen LogP contribution in [0, 0.1) is 17.3 Å². The van der Waals surface area contributed by atoms with Crippen molar-refractivity contribution in [2.45, 2.75) is 110 Å². The molecule has 0 radical (unpaired) electrons. The average molecular weight is 811 g/mol. The van der Waals surface area contributed by atoms with Crippen molar-refractivity contribution in [1.29, 1.82) is 0 Å². The van der Waals surface area contributed by atoms with Crippen molar-refractivity contribution in [3.05, 3.63) is 112 Å². The van der Waals surface area contributed by atoms with Gasteiger partial charge in [-0.2, -0.15) is 0 Å². The lowest BCUT2D eigenvalue weighted by molar-refractivity contribution is -0.359. The van der Waals surface area contributed by atoms with Crippen molar-refractivity contribution in [3.63, 3.8) is 0 Å². The Hall–Kier alpha value is -4.25. The monoisotopic (exact) mass is 810 g/mol. The van der Waals surface area contributed by atoms with E-state index in [9.17, 15) is 45.0 Å². The first-order chi connectivity index (χ1) is 27.3. The van der Waals surface area contributed by atoms with Gasteiger partial charge in [-0.1, -0.05) is 101 Å². The highest BCUT2D eigenvalue weighted by atomic mass is 16.7. The zero-order valence-electron chi connectivity index (χ0n) is 34.9. The Kier molecular flexibility index (Phi) is 17.5. The minimum absolute atomic E-state index is 0.0818. The maximum Gasteiger partial charge on any atom is 0.265 e. The summed E-state index contributed by atoms with van der Waals surface area (Å²) in [6.07, 6.45) is 13.0. The van der Waals surface area contributed by atoms with E-state index < -0.39 is 94.9 Å². The third kappa shape index (κ3) is 10.9. The van der Waals surface area contributed by atoms with Crippen LogP contribution in [0.15, 0.2) is 101 Å². The number of rotatable bonds is 17. The number of ketones is 1. The zero-order valence-corrected chi connectivity index (χ0v) is 34.9. The highest BCUT2D eigenvalue weighted by Gasteiger charge is 2.60. The number of carbonyl (C=O) groups excluding carboxylic acids is 2. The van der Waals surface area contributed by atoms with Crippen LogP contribution in [0.3, 0.4) is 0 Å². The third-order valence-corrected chi connectivity index (χ3v) is 11.0. The quantitative estimate of drug-likeness (QED) is 0.0687. The molecule has 320 valence electrons. The van der Waals surface area contributed by atoms with Crippen LogP contribution in [0.4, 0.5) is 0 Å². The SMILES string of the molecule is C/C=C/C=C\C1O[C@](O)([C@H](CC)C(=O)NC/C=C/C=C(\C)[C@H](OC)C(C)C2OC(\C=C/C=C/C=C(\C)C(=O)c3c(O)ccn(C)c3=O)[C@H](O)[C@@H]2O)C(O)C(O)C1(C)C. The summed E-state index contributed by atoms with van der Waals surface area (Å²) >= 11 is 0. The molecular weight excluding hydrogens is 748 g/mol. The molecule has 2 aliphatic rings. The number of aromatic hydroxyl groups is 1. The smallest absolute Gasteiger partial charge is 0.265 e. The van der Waals surface area contributed by atoms with Gasteiger partial charge in [-0.05, 0) is 44.4 Å². The van der Waals surface area contributed by atoms with Gasteiger partial charge < -0.3 is 54.7 Å². The van der Waals surface area contributed by atoms with E-state index in [2.05, 4.69) is 5.32 Å². The summed E-state index contributed by atoms with van der Waals surface area (Å²) in [5, 5.41) is 68.0. The Morgan fingerprint density at radius 3 is 2.31 bits per heavy atom. The van der Waals surface area contributed by atoms with Gasteiger partial charge in [0.25, 0.3) is 5.56 Å².